The number of benzene rings is 1. The minimum Gasteiger partial charge on any atom is -0.389 e. The van der Waals surface area contributed by atoms with E-state index in [-0.39, 0.29) is 11.9 Å². The number of halogens is 1. The fourth-order valence-electron chi connectivity index (χ4n) is 1.78. The van der Waals surface area contributed by atoms with E-state index in [9.17, 15) is 9.50 Å². The van der Waals surface area contributed by atoms with Crippen molar-refractivity contribution in [3.8, 4) is 0 Å². The molecule has 0 saturated heterocycles. The zero-order chi connectivity index (χ0) is 12.9. The molecule has 0 spiro atoms. The van der Waals surface area contributed by atoms with Crippen LogP contribution in [0, 0.1) is 5.82 Å². The second-order valence-electron chi connectivity index (χ2n) is 4.56. The first kappa shape index (κ1) is 14.1. The molecule has 1 rings (SSSR count). The Morgan fingerprint density at radius 1 is 1.29 bits per heavy atom. The predicted molar refractivity (Wildman–Crippen MR) is 68.3 cm³/mol. The van der Waals surface area contributed by atoms with Crippen molar-refractivity contribution in [1.82, 2.24) is 5.32 Å². The van der Waals surface area contributed by atoms with Crippen LogP contribution in [0.4, 0.5) is 4.39 Å². The molecule has 17 heavy (non-hydrogen) atoms. The van der Waals surface area contributed by atoms with Crippen molar-refractivity contribution in [3.05, 3.63) is 35.6 Å². The van der Waals surface area contributed by atoms with Gasteiger partial charge in [-0.3, -0.25) is 0 Å². The summed E-state index contributed by atoms with van der Waals surface area (Å²) in [5, 5.41) is 13.3. The zero-order valence-electron chi connectivity index (χ0n) is 10.8. The summed E-state index contributed by atoms with van der Waals surface area (Å²) in [6.07, 6.45) is 1.39. The van der Waals surface area contributed by atoms with Gasteiger partial charge in [-0.05, 0) is 25.8 Å². The van der Waals surface area contributed by atoms with E-state index in [4.69, 9.17) is 0 Å². The monoisotopic (exact) mass is 239 g/mol. The van der Waals surface area contributed by atoms with Crippen LogP contribution in [0.5, 0.6) is 0 Å². The number of hydrogen-bond donors (Lipinski definition) is 2. The molecule has 0 fully saturated rings. The Kier molecular flexibility index (Phi) is 5.09. The number of aliphatic hydroxyl groups is 1. The number of nitrogens with one attached hydrogen (secondary N) is 1. The van der Waals surface area contributed by atoms with Crippen LogP contribution in [-0.4, -0.2) is 17.3 Å². The van der Waals surface area contributed by atoms with Crippen LogP contribution in [-0.2, 0) is 0 Å². The van der Waals surface area contributed by atoms with Gasteiger partial charge in [-0.15, -0.1) is 0 Å². The minimum absolute atomic E-state index is 0.0965. The van der Waals surface area contributed by atoms with E-state index in [1.807, 2.05) is 26.8 Å². The largest absolute Gasteiger partial charge is 0.389 e. The lowest BCUT2D eigenvalue weighted by molar-refractivity contribution is 0.0302. The third-order valence-corrected chi connectivity index (χ3v) is 3.43. The molecule has 96 valence electrons. The normalized spacial score (nSPS) is 13.7. The second kappa shape index (κ2) is 6.12. The Morgan fingerprint density at radius 3 is 2.41 bits per heavy atom. The highest BCUT2D eigenvalue weighted by atomic mass is 19.1. The molecule has 0 radical (unpaired) electrons. The molecule has 2 nitrogen and oxygen atoms in total. The summed E-state index contributed by atoms with van der Waals surface area (Å²) in [6, 6.07) is 6.63. The highest BCUT2D eigenvalue weighted by molar-refractivity contribution is 5.20. The highest BCUT2D eigenvalue weighted by Gasteiger charge is 2.23. The molecule has 0 aliphatic rings. The van der Waals surface area contributed by atoms with E-state index in [2.05, 4.69) is 5.32 Å². The molecular weight excluding hydrogens is 217 g/mol. The van der Waals surface area contributed by atoms with Gasteiger partial charge in [0.15, 0.2) is 0 Å². The van der Waals surface area contributed by atoms with Gasteiger partial charge in [0.1, 0.15) is 5.82 Å². The lowest BCUT2D eigenvalue weighted by atomic mass is 9.96. The maximum Gasteiger partial charge on any atom is 0.127 e. The van der Waals surface area contributed by atoms with Crippen LogP contribution < -0.4 is 5.32 Å². The van der Waals surface area contributed by atoms with Gasteiger partial charge < -0.3 is 10.4 Å². The van der Waals surface area contributed by atoms with Crippen molar-refractivity contribution in [3.63, 3.8) is 0 Å². The molecule has 0 heterocycles. The van der Waals surface area contributed by atoms with Crippen LogP contribution >= 0.6 is 0 Å². The van der Waals surface area contributed by atoms with Gasteiger partial charge in [-0.1, -0.05) is 32.0 Å². The average molecular weight is 239 g/mol. The number of rotatable bonds is 6. The van der Waals surface area contributed by atoms with E-state index >= 15 is 0 Å². The Balaban J connectivity index is 2.62. The molecule has 0 aliphatic heterocycles. The van der Waals surface area contributed by atoms with Gasteiger partial charge in [0.2, 0.25) is 0 Å². The van der Waals surface area contributed by atoms with Crippen LogP contribution in [0.2, 0.25) is 0 Å². The van der Waals surface area contributed by atoms with Gasteiger partial charge in [-0.25, -0.2) is 4.39 Å². The SMILES string of the molecule is CCC(O)(CC)CNC(C)c1ccccc1F. The molecule has 0 aliphatic carbocycles. The van der Waals surface area contributed by atoms with E-state index in [1.54, 1.807) is 12.1 Å². The molecule has 0 bridgehead atoms. The molecule has 2 N–H and O–H groups in total. The van der Waals surface area contributed by atoms with E-state index < -0.39 is 5.60 Å². The summed E-state index contributed by atoms with van der Waals surface area (Å²) in [6.45, 7) is 6.30. The Morgan fingerprint density at radius 2 is 1.88 bits per heavy atom. The van der Waals surface area contributed by atoms with Crippen molar-refractivity contribution in [2.75, 3.05) is 6.54 Å². The van der Waals surface area contributed by atoms with Crippen molar-refractivity contribution < 1.29 is 9.50 Å². The molecule has 1 aromatic carbocycles. The zero-order valence-corrected chi connectivity index (χ0v) is 10.8. The smallest absolute Gasteiger partial charge is 0.127 e. The summed E-state index contributed by atoms with van der Waals surface area (Å²) < 4.78 is 13.5. The average Bonchev–Trinajstić information content (AvgIpc) is 2.36. The van der Waals surface area contributed by atoms with E-state index in [1.165, 1.54) is 6.07 Å². The standard InChI is InChI=1S/C14H22FNO/c1-4-14(17,5-2)10-16-11(3)12-8-6-7-9-13(12)15/h6-9,11,16-17H,4-5,10H2,1-3H3. The third-order valence-electron chi connectivity index (χ3n) is 3.43. The third kappa shape index (κ3) is 3.79. The fourth-order valence-corrected chi connectivity index (χ4v) is 1.78. The van der Waals surface area contributed by atoms with Gasteiger partial charge in [0, 0.05) is 18.2 Å². The second-order valence-corrected chi connectivity index (χ2v) is 4.56. The molecule has 0 saturated carbocycles. The van der Waals surface area contributed by atoms with E-state index in [0.29, 0.717) is 24.9 Å². The highest BCUT2D eigenvalue weighted by Crippen LogP contribution is 2.19. The van der Waals surface area contributed by atoms with Crippen molar-refractivity contribution in [1.29, 1.82) is 0 Å². The first-order valence-corrected chi connectivity index (χ1v) is 6.22. The van der Waals surface area contributed by atoms with Crippen LogP contribution in [0.15, 0.2) is 24.3 Å². The fraction of sp³-hybridized carbons (Fsp3) is 0.571. The maximum absolute atomic E-state index is 13.5. The molecule has 1 aromatic rings. The first-order valence-electron chi connectivity index (χ1n) is 6.22. The summed E-state index contributed by atoms with van der Waals surface area (Å²) >= 11 is 0. The van der Waals surface area contributed by atoms with Crippen LogP contribution in [0.25, 0.3) is 0 Å². The van der Waals surface area contributed by atoms with Gasteiger partial charge in [0.25, 0.3) is 0 Å². The Bertz CT molecular complexity index is 350. The molecule has 3 heteroatoms. The van der Waals surface area contributed by atoms with Crippen LogP contribution in [0.3, 0.4) is 0 Å². The van der Waals surface area contributed by atoms with Crippen LogP contribution in [0.1, 0.15) is 45.2 Å². The van der Waals surface area contributed by atoms with Gasteiger partial charge >= 0.3 is 0 Å². The molecule has 1 unspecified atom stereocenters. The first-order chi connectivity index (χ1) is 8.02. The quantitative estimate of drug-likeness (QED) is 0.799. The lowest BCUT2D eigenvalue weighted by Gasteiger charge is -2.27. The molecular formula is C14H22FNO. The predicted octanol–water partition coefficient (Wildman–Crippen LogP) is 3.03. The molecule has 0 amide bonds. The Hall–Kier alpha value is -0.930. The summed E-state index contributed by atoms with van der Waals surface area (Å²) in [4.78, 5) is 0. The summed E-state index contributed by atoms with van der Waals surface area (Å²) in [7, 11) is 0. The number of hydrogen-bond acceptors (Lipinski definition) is 2. The molecule has 1 atom stereocenters. The van der Waals surface area contributed by atoms with E-state index in [0.717, 1.165) is 0 Å². The van der Waals surface area contributed by atoms with Gasteiger partial charge in [0.05, 0.1) is 5.60 Å². The van der Waals surface area contributed by atoms with Crippen molar-refractivity contribution in [2.45, 2.75) is 45.3 Å². The minimum atomic E-state index is -0.695. The van der Waals surface area contributed by atoms with Crippen molar-refractivity contribution >= 4 is 0 Å². The van der Waals surface area contributed by atoms with Gasteiger partial charge in [-0.2, -0.15) is 0 Å². The summed E-state index contributed by atoms with van der Waals surface area (Å²) in [5.41, 5.74) is -0.0541. The Labute approximate surface area is 103 Å². The molecule has 0 aromatic heterocycles. The van der Waals surface area contributed by atoms with Crippen molar-refractivity contribution in [2.24, 2.45) is 0 Å². The maximum atomic E-state index is 13.5. The topological polar surface area (TPSA) is 32.3 Å². The summed E-state index contributed by atoms with van der Waals surface area (Å²) in [5.74, 6) is -0.205. The lowest BCUT2D eigenvalue weighted by Crippen LogP contribution is -2.40.